The van der Waals surface area contributed by atoms with Crippen LogP contribution in [0.2, 0.25) is 0 Å². The molecule has 0 spiro atoms. The maximum absolute atomic E-state index is 5.96. The van der Waals surface area contributed by atoms with Crippen molar-refractivity contribution in [2.75, 3.05) is 19.0 Å². The van der Waals surface area contributed by atoms with E-state index < -0.39 is 0 Å². The molecule has 14 heavy (non-hydrogen) atoms. The number of aryl methyl sites for hydroxylation is 1. The van der Waals surface area contributed by atoms with Crippen LogP contribution in [0.3, 0.4) is 0 Å². The van der Waals surface area contributed by atoms with E-state index in [0.29, 0.717) is 6.04 Å². The fraction of sp³-hybridized carbons (Fsp3) is 0.500. The van der Waals surface area contributed by atoms with Crippen molar-refractivity contribution in [1.29, 1.82) is 0 Å². The highest BCUT2D eigenvalue weighted by atomic mass is 15.1. The second-order valence-electron chi connectivity index (χ2n) is 4.35. The van der Waals surface area contributed by atoms with Crippen molar-refractivity contribution in [1.82, 2.24) is 0 Å². The lowest BCUT2D eigenvalue weighted by Gasteiger charge is -2.23. The summed E-state index contributed by atoms with van der Waals surface area (Å²) < 4.78 is 0. The predicted molar refractivity (Wildman–Crippen MR) is 60.8 cm³/mol. The van der Waals surface area contributed by atoms with Gasteiger partial charge in [-0.3, -0.25) is 0 Å². The summed E-state index contributed by atoms with van der Waals surface area (Å²) in [4.78, 5) is 2.14. The summed E-state index contributed by atoms with van der Waals surface area (Å²) in [5.41, 5.74) is 10.2. The third-order valence-electron chi connectivity index (χ3n) is 2.97. The molecule has 2 rings (SSSR count). The van der Waals surface area contributed by atoms with Crippen molar-refractivity contribution < 1.29 is 0 Å². The Morgan fingerprint density at radius 1 is 1.29 bits per heavy atom. The maximum atomic E-state index is 5.96. The Balaban J connectivity index is 2.33. The first kappa shape index (κ1) is 9.53. The van der Waals surface area contributed by atoms with Crippen molar-refractivity contribution >= 4 is 5.69 Å². The highest BCUT2D eigenvalue weighted by molar-refractivity contribution is 5.50. The average molecular weight is 190 g/mol. The van der Waals surface area contributed by atoms with Crippen molar-refractivity contribution in [3.8, 4) is 0 Å². The van der Waals surface area contributed by atoms with Crippen molar-refractivity contribution in [2.24, 2.45) is 5.73 Å². The molecule has 0 heterocycles. The van der Waals surface area contributed by atoms with Crippen LogP contribution in [0.1, 0.15) is 17.5 Å². The number of nitrogens with zero attached hydrogens (tertiary/aromatic N) is 1. The van der Waals surface area contributed by atoms with Gasteiger partial charge in [-0.05, 0) is 42.5 Å². The summed E-state index contributed by atoms with van der Waals surface area (Å²) in [5.74, 6) is 0. The molecule has 76 valence electrons. The number of rotatable bonds is 1. The lowest BCUT2D eigenvalue weighted by molar-refractivity contribution is 0.576. The highest BCUT2D eigenvalue weighted by Crippen LogP contribution is 2.24. The number of nitrogens with two attached hydrogens (primary N) is 1. The Morgan fingerprint density at radius 2 is 2.07 bits per heavy atom. The van der Waals surface area contributed by atoms with E-state index in [-0.39, 0.29) is 0 Å². The van der Waals surface area contributed by atoms with Crippen LogP contribution in [0, 0.1) is 0 Å². The topological polar surface area (TPSA) is 29.3 Å². The van der Waals surface area contributed by atoms with Crippen LogP contribution in [-0.4, -0.2) is 20.1 Å². The molecule has 2 heteroatoms. The first-order valence-corrected chi connectivity index (χ1v) is 5.21. The Kier molecular flexibility index (Phi) is 2.46. The number of hydrogen-bond donors (Lipinski definition) is 1. The lowest BCUT2D eigenvalue weighted by Crippen LogP contribution is -2.28. The van der Waals surface area contributed by atoms with E-state index in [1.165, 1.54) is 16.8 Å². The van der Waals surface area contributed by atoms with E-state index in [9.17, 15) is 0 Å². The zero-order valence-electron chi connectivity index (χ0n) is 8.96. The molecule has 0 saturated heterocycles. The second-order valence-corrected chi connectivity index (χ2v) is 4.35. The molecule has 2 N–H and O–H groups in total. The van der Waals surface area contributed by atoms with Gasteiger partial charge < -0.3 is 10.6 Å². The van der Waals surface area contributed by atoms with Gasteiger partial charge in [-0.25, -0.2) is 0 Å². The molecule has 2 nitrogen and oxygen atoms in total. The summed E-state index contributed by atoms with van der Waals surface area (Å²) in [7, 11) is 4.15. The molecule has 0 bridgehead atoms. The summed E-state index contributed by atoms with van der Waals surface area (Å²) in [6.07, 6.45) is 3.32. The minimum atomic E-state index is 0.361. The van der Waals surface area contributed by atoms with Crippen LogP contribution in [0.4, 0.5) is 5.69 Å². The molecule has 0 aromatic heterocycles. The lowest BCUT2D eigenvalue weighted by atomic mass is 9.88. The summed E-state index contributed by atoms with van der Waals surface area (Å²) in [5, 5.41) is 0. The zero-order chi connectivity index (χ0) is 10.1. The largest absolute Gasteiger partial charge is 0.378 e. The van der Waals surface area contributed by atoms with Gasteiger partial charge in [-0.1, -0.05) is 6.07 Å². The molecule has 1 aromatic rings. The molecular weight excluding hydrogens is 172 g/mol. The highest BCUT2D eigenvalue weighted by Gasteiger charge is 2.15. The zero-order valence-corrected chi connectivity index (χ0v) is 8.96. The normalized spacial score (nSPS) is 20.4. The molecular formula is C12H18N2. The smallest absolute Gasteiger partial charge is 0.0363 e. The maximum Gasteiger partial charge on any atom is 0.0363 e. The van der Waals surface area contributed by atoms with E-state index in [1.807, 2.05) is 0 Å². The predicted octanol–water partition coefficient (Wildman–Crippen LogP) is 1.57. The second kappa shape index (κ2) is 3.62. The number of benzene rings is 1. The Morgan fingerprint density at radius 3 is 2.79 bits per heavy atom. The van der Waals surface area contributed by atoms with Crippen molar-refractivity contribution in [3.05, 3.63) is 29.3 Å². The molecule has 1 atom stereocenters. The minimum absolute atomic E-state index is 0.361. The third kappa shape index (κ3) is 1.75. The van der Waals surface area contributed by atoms with Gasteiger partial charge in [0.05, 0.1) is 0 Å². The van der Waals surface area contributed by atoms with Gasteiger partial charge >= 0.3 is 0 Å². The number of hydrogen-bond acceptors (Lipinski definition) is 2. The standard InChI is InChI=1S/C12H18N2/c1-14(2)12-6-4-9-3-5-11(13)7-10(9)8-12/h4,6,8,11H,3,5,7,13H2,1-2H3/t11-/m0/s1. The fourth-order valence-corrected chi connectivity index (χ4v) is 2.05. The van der Waals surface area contributed by atoms with Crippen molar-refractivity contribution in [3.63, 3.8) is 0 Å². The van der Waals surface area contributed by atoms with E-state index in [0.717, 1.165) is 19.3 Å². The number of anilines is 1. The van der Waals surface area contributed by atoms with Gasteiger partial charge in [0.2, 0.25) is 0 Å². The first-order chi connectivity index (χ1) is 6.66. The molecule has 0 unspecified atom stereocenters. The SMILES string of the molecule is CN(C)c1ccc2c(c1)C[C@@H](N)CC2. The summed E-state index contributed by atoms with van der Waals surface area (Å²) >= 11 is 0. The Hall–Kier alpha value is -1.02. The van der Waals surface area contributed by atoms with Crippen LogP contribution in [0.25, 0.3) is 0 Å². The van der Waals surface area contributed by atoms with E-state index in [1.54, 1.807) is 0 Å². The molecule has 1 aliphatic carbocycles. The van der Waals surface area contributed by atoms with Gasteiger partial charge in [0.1, 0.15) is 0 Å². The molecule has 0 radical (unpaired) electrons. The van der Waals surface area contributed by atoms with E-state index >= 15 is 0 Å². The third-order valence-corrected chi connectivity index (χ3v) is 2.97. The Bertz CT molecular complexity index is 331. The fourth-order valence-electron chi connectivity index (χ4n) is 2.05. The van der Waals surface area contributed by atoms with E-state index in [2.05, 4.69) is 37.2 Å². The quantitative estimate of drug-likeness (QED) is 0.728. The minimum Gasteiger partial charge on any atom is -0.378 e. The number of fused-ring (bicyclic) bond motifs is 1. The van der Waals surface area contributed by atoms with Crippen LogP contribution in [0.5, 0.6) is 0 Å². The monoisotopic (exact) mass is 190 g/mol. The van der Waals surface area contributed by atoms with Gasteiger partial charge in [-0.15, -0.1) is 0 Å². The van der Waals surface area contributed by atoms with Crippen LogP contribution in [0.15, 0.2) is 18.2 Å². The van der Waals surface area contributed by atoms with Crippen LogP contribution in [-0.2, 0) is 12.8 Å². The Labute approximate surface area is 85.7 Å². The van der Waals surface area contributed by atoms with Gasteiger partial charge in [0.15, 0.2) is 0 Å². The molecule has 1 aliphatic rings. The van der Waals surface area contributed by atoms with Crippen molar-refractivity contribution in [2.45, 2.75) is 25.3 Å². The first-order valence-electron chi connectivity index (χ1n) is 5.21. The van der Waals surface area contributed by atoms with Crippen LogP contribution < -0.4 is 10.6 Å². The molecule has 1 aromatic carbocycles. The van der Waals surface area contributed by atoms with Crippen LogP contribution >= 0.6 is 0 Å². The summed E-state index contributed by atoms with van der Waals surface area (Å²) in [6, 6.07) is 7.07. The summed E-state index contributed by atoms with van der Waals surface area (Å²) in [6.45, 7) is 0. The molecule has 0 fully saturated rings. The van der Waals surface area contributed by atoms with Gasteiger partial charge in [-0.2, -0.15) is 0 Å². The van der Waals surface area contributed by atoms with Gasteiger partial charge in [0.25, 0.3) is 0 Å². The average Bonchev–Trinajstić information content (AvgIpc) is 2.16. The molecule has 0 saturated carbocycles. The van der Waals surface area contributed by atoms with E-state index in [4.69, 9.17) is 5.73 Å². The molecule has 0 aliphatic heterocycles. The van der Waals surface area contributed by atoms with Gasteiger partial charge in [0, 0.05) is 25.8 Å². The molecule has 0 amide bonds.